The van der Waals surface area contributed by atoms with Crippen LogP contribution in [0.2, 0.25) is 0 Å². The van der Waals surface area contributed by atoms with Crippen LogP contribution < -0.4 is 4.90 Å². The Morgan fingerprint density at radius 3 is 2.28 bits per heavy atom. The van der Waals surface area contributed by atoms with Gasteiger partial charge in [0.2, 0.25) is 5.95 Å². The molecule has 18 heavy (non-hydrogen) atoms. The fraction of sp³-hybridized carbons (Fsp3) is 0.545. The quantitative estimate of drug-likeness (QED) is 0.815. The van der Waals surface area contributed by atoms with Gasteiger partial charge in [-0.3, -0.25) is 4.90 Å². The number of amides is 1. The van der Waals surface area contributed by atoms with Crippen LogP contribution in [0, 0.1) is 5.82 Å². The number of anilines is 1. The van der Waals surface area contributed by atoms with Crippen molar-refractivity contribution >= 4 is 12.0 Å². The molecule has 6 nitrogen and oxygen atoms in total. The molecule has 2 rings (SSSR count). The Morgan fingerprint density at radius 1 is 1.33 bits per heavy atom. The maximum absolute atomic E-state index is 12.7. The number of hydrogen-bond acceptors (Lipinski definition) is 4. The summed E-state index contributed by atoms with van der Waals surface area (Å²) in [5.41, 5.74) is 0. The minimum absolute atomic E-state index is 0.153. The van der Waals surface area contributed by atoms with Crippen molar-refractivity contribution in [1.29, 1.82) is 0 Å². The molecule has 1 amide bonds. The number of aromatic nitrogens is 2. The number of carboxylic acid groups (broad SMARTS) is 1. The zero-order chi connectivity index (χ0) is 13.3. The molecule has 1 N–H and O–H groups in total. The lowest BCUT2D eigenvalue weighted by atomic mass is 10.1. The van der Waals surface area contributed by atoms with Crippen molar-refractivity contribution in [2.75, 3.05) is 18.0 Å². The number of hydrogen-bond donors (Lipinski definition) is 1. The molecule has 0 unspecified atom stereocenters. The van der Waals surface area contributed by atoms with Crippen molar-refractivity contribution < 1.29 is 14.3 Å². The monoisotopic (exact) mass is 254 g/mol. The first-order valence-corrected chi connectivity index (χ1v) is 5.72. The molecule has 0 aliphatic carbocycles. The Labute approximate surface area is 104 Å². The molecule has 1 fully saturated rings. The zero-order valence-corrected chi connectivity index (χ0v) is 10.2. The van der Waals surface area contributed by atoms with E-state index >= 15 is 0 Å². The van der Waals surface area contributed by atoms with Crippen molar-refractivity contribution in [3.8, 4) is 0 Å². The van der Waals surface area contributed by atoms with Gasteiger partial charge in [-0.15, -0.1) is 0 Å². The van der Waals surface area contributed by atoms with Crippen LogP contribution in [0.3, 0.4) is 0 Å². The Kier molecular flexibility index (Phi) is 3.31. The van der Waals surface area contributed by atoms with Gasteiger partial charge in [0.1, 0.15) is 0 Å². The van der Waals surface area contributed by atoms with Gasteiger partial charge in [-0.25, -0.2) is 19.2 Å². The van der Waals surface area contributed by atoms with Gasteiger partial charge in [0.25, 0.3) is 0 Å². The van der Waals surface area contributed by atoms with E-state index in [4.69, 9.17) is 5.11 Å². The van der Waals surface area contributed by atoms with Gasteiger partial charge >= 0.3 is 6.09 Å². The van der Waals surface area contributed by atoms with Gasteiger partial charge in [0, 0.05) is 13.1 Å². The lowest BCUT2D eigenvalue weighted by molar-refractivity contribution is 0.0979. The summed E-state index contributed by atoms with van der Waals surface area (Å²) in [5.74, 6) is -0.0517. The van der Waals surface area contributed by atoms with E-state index in [1.807, 2.05) is 18.7 Å². The molecular weight excluding hydrogens is 239 g/mol. The van der Waals surface area contributed by atoms with E-state index in [0.29, 0.717) is 19.0 Å². The average molecular weight is 254 g/mol. The van der Waals surface area contributed by atoms with Crippen LogP contribution in [0.15, 0.2) is 12.4 Å². The first-order valence-electron chi connectivity index (χ1n) is 5.72. The van der Waals surface area contributed by atoms with Crippen LogP contribution in [0.4, 0.5) is 15.1 Å². The third-order valence-corrected chi connectivity index (χ3v) is 3.03. The van der Waals surface area contributed by atoms with Crippen molar-refractivity contribution in [3.63, 3.8) is 0 Å². The van der Waals surface area contributed by atoms with Gasteiger partial charge in [0.05, 0.1) is 24.5 Å². The highest BCUT2D eigenvalue weighted by Crippen LogP contribution is 2.19. The molecule has 0 bridgehead atoms. The van der Waals surface area contributed by atoms with Crippen molar-refractivity contribution in [3.05, 3.63) is 18.2 Å². The van der Waals surface area contributed by atoms with Crippen LogP contribution in [-0.4, -0.2) is 51.2 Å². The summed E-state index contributed by atoms with van der Waals surface area (Å²) in [7, 11) is 0. The third-order valence-electron chi connectivity index (χ3n) is 3.03. The van der Waals surface area contributed by atoms with Crippen LogP contribution in [-0.2, 0) is 0 Å². The first-order chi connectivity index (χ1) is 8.49. The molecule has 0 radical (unpaired) electrons. The lowest BCUT2D eigenvalue weighted by Crippen LogP contribution is -2.58. The van der Waals surface area contributed by atoms with Crippen molar-refractivity contribution in [2.45, 2.75) is 25.9 Å². The normalized spacial score (nSPS) is 24.2. The second-order valence-electron chi connectivity index (χ2n) is 4.49. The second kappa shape index (κ2) is 4.75. The summed E-state index contributed by atoms with van der Waals surface area (Å²) in [6.45, 7) is 4.67. The first kappa shape index (κ1) is 12.5. The van der Waals surface area contributed by atoms with E-state index in [0.717, 1.165) is 12.4 Å². The van der Waals surface area contributed by atoms with Crippen LogP contribution in [0.1, 0.15) is 13.8 Å². The van der Waals surface area contributed by atoms with Crippen molar-refractivity contribution in [2.24, 2.45) is 0 Å². The van der Waals surface area contributed by atoms with Gasteiger partial charge in [-0.05, 0) is 13.8 Å². The third kappa shape index (κ3) is 2.34. The number of carbonyl (C=O) groups is 1. The molecule has 7 heteroatoms. The van der Waals surface area contributed by atoms with E-state index in [-0.39, 0.29) is 12.1 Å². The highest BCUT2D eigenvalue weighted by atomic mass is 19.1. The standard InChI is InChI=1S/C11H15FN4O2/c1-7-5-15(6-8(2)16(7)11(17)18)10-13-3-9(12)4-14-10/h3-4,7-8H,5-6H2,1-2H3,(H,17,18)/t7-,8+. The van der Waals surface area contributed by atoms with Gasteiger partial charge in [-0.1, -0.05) is 0 Å². The van der Waals surface area contributed by atoms with E-state index in [1.54, 1.807) is 0 Å². The van der Waals surface area contributed by atoms with Gasteiger partial charge in [0.15, 0.2) is 5.82 Å². The average Bonchev–Trinajstić information content (AvgIpc) is 2.28. The molecule has 1 aliphatic rings. The summed E-state index contributed by atoms with van der Waals surface area (Å²) in [6, 6.07) is -0.306. The van der Waals surface area contributed by atoms with Gasteiger partial charge in [-0.2, -0.15) is 0 Å². The minimum Gasteiger partial charge on any atom is -0.465 e. The largest absolute Gasteiger partial charge is 0.465 e. The van der Waals surface area contributed by atoms with Crippen molar-refractivity contribution in [1.82, 2.24) is 14.9 Å². The van der Waals surface area contributed by atoms with Crippen LogP contribution in [0.25, 0.3) is 0 Å². The molecule has 1 saturated heterocycles. The maximum Gasteiger partial charge on any atom is 0.407 e. The highest BCUT2D eigenvalue weighted by Gasteiger charge is 2.33. The molecule has 0 aromatic carbocycles. The molecule has 1 aromatic heterocycles. The molecule has 0 spiro atoms. The fourth-order valence-electron chi connectivity index (χ4n) is 2.33. The zero-order valence-electron chi connectivity index (χ0n) is 10.2. The van der Waals surface area contributed by atoms with Crippen LogP contribution in [0.5, 0.6) is 0 Å². The lowest BCUT2D eigenvalue weighted by Gasteiger charge is -2.42. The molecule has 1 aliphatic heterocycles. The SMILES string of the molecule is C[C@@H]1CN(c2ncc(F)cn2)C[C@H](C)N1C(=O)O. The molecule has 1 aromatic rings. The Morgan fingerprint density at radius 2 is 1.83 bits per heavy atom. The second-order valence-corrected chi connectivity index (χ2v) is 4.49. The number of halogens is 1. The van der Waals surface area contributed by atoms with E-state index in [2.05, 4.69) is 9.97 Å². The molecule has 0 saturated carbocycles. The predicted octanol–water partition coefficient (Wildman–Crippen LogP) is 1.19. The fourth-order valence-corrected chi connectivity index (χ4v) is 2.33. The topological polar surface area (TPSA) is 69.6 Å². The highest BCUT2D eigenvalue weighted by molar-refractivity contribution is 5.66. The minimum atomic E-state index is -0.922. The summed E-state index contributed by atoms with van der Waals surface area (Å²) >= 11 is 0. The molecular formula is C11H15FN4O2. The molecule has 2 heterocycles. The molecule has 98 valence electrons. The summed E-state index contributed by atoms with van der Waals surface area (Å²) in [4.78, 5) is 22.2. The summed E-state index contributed by atoms with van der Waals surface area (Å²) in [6.07, 6.45) is 1.30. The van der Waals surface area contributed by atoms with E-state index < -0.39 is 11.9 Å². The number of rotatable bonds is 1. The molecule has 2 atom stereocenters. The Bertz CT molecular complexity index is 427. The van der Waals surface area contributed by atoms with Gasteiger partial charge < -0.3 is 10.0 Å². The Hall–Kier alpha value is -1.92. The predicted molar refractivity (Wildman–Crippen MR) is 63.0 cm³/mol. The van der Waals surface area contributed by atoms with E-state index in [1.165, 1.54) is 4.90 Å². The summed E-state index contributed by atoms with van der Waals surface area (Å²) < 4.78 is 12.7. The number of nitrogens with zero attached hydrogens (tertiary/aromatic N) is 4. The number of piperazine rings is 1. The Balaban J connectivity index is 2.15. The summed E-state index contributed by atoms with van der Waals surface area (Å²) in [5, 5.41) is 9.10. The smallest absolute Gasteiger partial charge is 0.407 e. The van der Waals surface area contributed by atoms with E-state index in [9.17, 15) is 9.18 Å². The maximum atomic E-state index is 12.7. The van der Waals surface area contributed by atoms with Crippen LogP contribution >= 0.6 is 0 Å².